The molecule has 2 aliphatic rings. The molecule has 0 spiro atoms. The molecule has 6 heteroatoms. The maximum atomic E-state index is 12.0. The van der Waals surface area contributed by atoms with Gasteiger partial charge in [-0.3, -0.25) is 9.69 Å². The van der Waals surface area contributed by atoms with Gasteiger partial charge in [-0.05, 0) is 26.2 Å². The van der Waals surface area contributed by atoms with Gasteiger partial charge in [0.15, 0.2) is 0 Å². The van der Waals surface area contributed by atoms with Crippen LogP contribution in [-0.2, 0) is 22.6 Å². The predicted molar refractivity (Wildman–Crippen MR) is 73.8 cm³/mol. The smallest absolute Gasteiger partial charge is 0.326 e. The quantitative estimate of drug-likeness (QED) is 0.816. The normalized spacial score (nSPS) is 30.2. The molecule has 0 saturated heterocycles. The minimum Gasteiger partial charge on any atom is -0.465 e. The van der Waals surface area contributed by atoms with Gasteiger partial charge in [-0.1, -0.05) is 0 Å². The lowest BCUT2D eigenvalue weighted by Crippen LogP contribution is -2.49. The zero-order valence-electron chi connectivity index (χ0n) is 11.9. The molecule has 1 aliphatic carbocycles. The highest BCUT2D eigenvalue weighted by molar-refractivity contribution is 5.81. The van der Waals surface area contributed by atoms with E-state index in [1.165, 1.54) is 0 Å². The third-order valence-electron chi connectivity index (χ3n) is 4.50. The Morgan fingerprint density at radius 1 is 1.60 bits per heavy atom. The van der Waals surface area contributed by atoms with Crippen molar-refractivity contribution in [2.24, 2.45) is 5.73 Å². The maximum Gasteiger partial charge on any atom is 0.326 e. The number of rotatable bonds is 3. The Bertz CT molecular complexity index is 501. The fourth-order valence-electron chi connectivity index (χ4n) is 3.32. The van der Waals surface area contributed by atoms with Gasteiger partial charge in [0.25, 0.3) is 0 Å². The predicted octanol–water partition coefficient (Wildman–Crippen LogP) is 0.512. The van der Waals surface area contributed by atoms with Crippen molar-refractivity contribution in [2.45, 2.75) is 50.9 Å². The molecular formula is C14H22N4O2. The van der Waals surface area contributed by atoms with Crippen molar-refractivity contribution in [3.05, 3.63) is 18.2 Å². The van der Waals surface area contributed by atoms with E-state index in [1.54, 1.807) is 0 Å². The molecule has 2 heterocycles. The molecule has 2 atom stereocenters. The monoisotopic (exact) mass is 278 g/mol. The molecule has 2 N–H and O–H groups in total. The summed E-state index contributed by atoms with van der Waals surface area (Å²) in [5, 5.41) is 0. The van der Waals surface area contributed by atoms with Gasteiger partial charge in [0, 0.05) is 31.5 Å². The van der Waals surface area contributed by atoms with Crippen LogP contribution in [0.4, 0.5) is 0 Å². The van der Waals surface area contributed by atoms with E-state index >= 15 is 0 Å². The summed E-state index contributed by atoms with van der Waals surface area (Å²) in [5.74, 6) is 0.850. The maximum absolute atomic E-state index is 12.0. The number of hydrogen-bond acceptors (Lipinski definition) is 5. The Kier molecular flexibility index (Phi) is 3.52. The molecule has 110 valence electrons. The van der Waals surface area contributed by atoms with E-state index in [-0.39, 0.29) is 5.97 Å². The Morgan fingerprint density at radius 3 is 3.25 bits per heavy atom. The topological polar surface area (TPSA) is 73.4 Å². The molecule has 0 aromatic carbocycles. The number of carbonyl (C=O) groups is 1. The molecule has 1 fully saturated rings. The Morgan fingerprint density at radius 2 is 2.45 bits per heavy atom. The van der Waals surface area contributed by atoms with Gasteiger partial charge in [0.2, 0.25) is 0 Å². The van der Waals surface area contributed by atoms with E-state index in [4.69, 9.17) is 10.5 Å². The number of nitrogens with zero attached hydrogens (tertiary/aromatic N) is 3. The molecule has 1 aromatic heterocycles. The van der Waals surface area contributed by atoms with Gasteiger partial charge >= 0.3 is 5.97 Å². The summed E-state index contributed by atoms with van der Waals surface area (Å²) in [6.45, 7) is 5.01. The third-order valence-corrected chi connectivity index (χ3v) is 4.50. The summed E-state index contributed by atoms with van der Waals surface area (Å²) in [4.78, 5) is 18.7. The molecule has 1 aromatic rings. The zero-order valence-corrected chi connectivity index (χ0v) is 11.9. The molecule has 1 saturated carbocycles. The summed E-state index contributed by atoms with van der Waals surface area (Å²) in [5.41, 5.74) is 5.44. The second kappa shape index (κ2) is 5.18. The van der Waals surface area contributed by atoms with E-state index < -0.39 is 5.54 Å². The van der Waals surface area contributed by atoms with Gasteiger partial charge in [-0.25, -0.2) is 4.98 Å². The first kappa shape index (κ1) is 13.6. The largest absolute Gasteiger partial charge is 0.465 e. The van der Waals surface area contributed by atoms with E-state index in [0.29, 0.717) is 25.5 Å². The first-order valence-electron chi connectivity index (χ1n) is 7.32. The van der Waals surface area contributed by atoms with E-state index in [1.807, 2.05) is 19.3 Å². The molecule has 1 aliphatic heterocycles. The molecule has 6 nitrogen and oxygen atoms in total. The van der Waals surface area contributed by atoms with Crippen molar-refractivity contribution in [3.63, 3.8) is 0 Å². The Balaban J connectivity index is 1.65. The Labute approximate surface area is 118 Å². The van der Waals surface area contributed by atoms with Crippen LogP contribution < -0.4 is 5.73 Å². The molecule has 0 amide bonds. The summed E-state index contributed by atoms with van der Waals surface area (Å²) in [6.07, 6.45) is 6.22. The molecule has 20 heavy (non-hydrogen) atoms. The van der Waals surface area contributed by atoms with Gasteiger partial charge in [-0.2, -0.15) is 0 Å². The van der Waals surface area contributed by atoms with Crippen molar-refractivity contribution >= 4 is 5.97 Å². The number of ether oxygens (including phenoxy) is 1. The standard InChI is InChI=1S/C14H22N4O2/c1-2-20-13(19)14(15)4-3-11(9-14)18-8-7-17-6-5-16-12(17)10-18/h5-6,11H,2-4,7-10,15H2,1H3. The van der Waals surface area contributed by atoms with Gasteiger partial charge < -0.3 is 15.0 Å². The summed E-state index contributed by atoms with van der Waals surface area (Å²) < 4.78 is 7.30. The van der Waals surface area contributed by atoms with Crippen LogP contribution in [0.15, 0.2) is 12.4 Å². The first-order valence-corrected chi connectivity index (χ1v) is 7.32. The molecular weight excluding hydrogens is 256 g/mol. The van der Waals surface area contributed by atoms with E-state index in [9.17, 15) is 4.79 Å². The molecule has 2 unspecified atom stereocenters. The fraction of sp³-hybridized carbons (Fsp3) is 0.714. The number of hydrogen-bond donors (Lipinski definition) is 1. The fourth-order valence-corrected chi connectivity index (χ4v) is 3.32. The van der Waals surface area contributed by atoms with Crippen LogP contribution in [0, 0.1) is 0 Å². The van der Waals surface area contributed by atoms with Crippen molar-refractivity contribution < 1.29 is 9.53 Å². The molecule has 0 radical (unpaired) electrons. The van der Waals surface area contributed by atoms with Crippen molar-refractivity contribution in [1.29, 1.82) is 0 Å². The minimum atomic E-state index is -0.798. The minimum absolute atomic E-state index is 0.249. The zero-order chi connectivity index (χ0) is 14.2. The van der Waals surface area contributed by atoms with Crippen LogP contribution in [0.5, 0.6) is 0 Å². The molecule has 3 rings (SSSR count). The SMILES string of the molecule is CCOC(=O)C1(N)CCC(N2CCn3ccnc3C2)C1. The third kappa shape index (κ3) is 2.33. The lowest BCUT2D eigenvalue weighted by molar-refractivity contribution is -0.149. The second-order valence-electron chi connectivity index (χ2n) is 5.78. The van der Waals surface area contributed by atoms with Crippen LogP contribution in [0.3, 0.4) is 0 Å². The van der Waals surface area contributed by atoms with Crippen molar-refractivity contribution in [2.75, 3.05) is 13.2 Å². The summed E-state index contributed by atoms with van der Waals surface area (Å²) in [7, 11) is 0. The van der Waals surface area contributed by atoms with Crippen LogP contribution in [0.1, 0.15) is 32.0 Å². The van der Waals surface area contributed by atoms with Crippen LogP contribution in [0.25, 0.3) is 0 Å². The second-order valence-corrected chi connectivity index (χ2v) is 5.78. The van der Waals surface area contributed by atoms with Gasteiger partial charge in [0.05, 0.1) is 13.2 Å². The average molecular weight is 278 g/mol. The van der Waals surface area contributed by atoms with Crippen molar-refractivity contribution in [3.8, 4) is 0 Å². The summed E-state index contributed by atoms with van der Waals surface area (Å²) >= 11 is 0. The Hall–Kier alpha value is -1.40. The highest BCUT2D eigenvalue weighted by atomic mass is 16.5. The number of esters is 1. The van der Waals surface area contributed by atoms with E-state index in [0.717, 1.165) is 31.9 Å². The molecule has 0 bridgehead atoms. The van der Waals surface area contributed by atoms with E-state index in [2.05, 4.69) is 14.5 Å². The number of imidazole rings is 1. The highest BCUT2D eigenvalue weighted by Gasteiger charge is 2.45. The van der Waals surface area contributed by atoms with Crippen molar-refractivity contribution in [1.82, 2.24) is 14.5 Å². The van der Waals surface area contributed by atoms with Crippen LogP contribution >= 0.6 is 0 Å². The lowest BCUT2D eigenvalue weighted by atomic mass is 9.99. The highest BCUT2D eigenvalue weighted by Crippen LogP contribution is 2.33. The van der Waals surface area contributed by atoms with Gasteiger partial charge in [-0.15, -0.1) is 0 Å². The number of aromatic nitrogens is 2. The number of carbonyl (C=O) groups excluding carboxylic acids is 1. The first-order chi connectivity index (χ1) is 9.62. The number of nitrogens with two attached hydrogens (primary N) is 1. The lowest BCUT2D eigenvalue weighted by Gasteiger charge is -2.33. The van der Waals surface area contributed by atoms with Crippen LogP contribution in [-0.4, -0.2) is 45.2 Å². The summed E-state index contributed by atoms with van der Waals surface area (Å²) in [6, 6.07) is 0.356. The average Bonchev–Trinajstić information content (AvgIpc) is 3.05. The van der Waals surface area contributed by atoms with Crippen LogP contribution in [0.2, 0.25) is 0 Å². The number of fused-ring (bicyclic) bond motifs is 1. The van der Waals surface area contributed by atoms with Gasteiger partial charge in [0.1, 0.15) is 11.4 Å².